The molecule has 108 valence electrons. The normalized spacial score (nSPS) is 15.2. The van der Waals surface area contributed by atoms with Crippen LogP contribution in [0.4, 0.5) is 0 Å². The van der Waals surface area contributed by atoms with Crippen LogP contribution in [0.2, 0.25) is 0 Å². The lowest BCUT2D eigenvalue weighted by Gasteiger charge is -2.28. The molecule has 0 aliphatic rings. The predicted molar refractivity (Wildman–Crippen MR) is 79.4 cm³/mol. The van der Waals surface area contributed by atoms with Gasteiger partial charge in [0.25, 0.3) is 0 Å². The van der Waals surface area contributed by atoms with Crippen molar-refractivity contribution in [2.75, 3.05) is 6.54 Å². The Hall–Kier alpha value is -1.06. The van der Waals surface area contributed by atoms with Crippen LogP contribution in [0.1, 0.15) is 39.7 Å². The van der Waals surface area contributed by atoms with E-state index in [-0.39, 0.29) is 11.5 Å². The maximum absolute atomic E-state index is 9.75. The van der Waals surface area contributed by atoms with Gasteiger partial charge in [-0.1, -0.05) is 32.0 Å². The quantitative estimate of drug-likeness (QED) is 0.710. The first-order valence-corrected chi connectivity index (χ1v) is 6.98. The minimum atomic E-state index is -0.273. The van der Waals surface area contributed by atoms with Crippen LogP contribution in [0.15, 0.2) is 24.3 Å². The van der Waals surface area contributed by atoms with Gasteiger partial charge in [0.15, 0.2) is 0 Å². The minimum Gasteiger partial charge on any atom is -0.508 e. The zero-order valence-corrected chi connectivity index (χ0v) is 12.5. The van der Waals surface area contributed by atoms with Gasteiger partial charge < -0.3 is 15.5 Å². The first-order valence-electron chi connectivity index (χ1n) is 6.98. The average molecular weight is 265 g/mol. The van der Waals surface area contributed by atoms with Crippen molar-refractivity contribution in [3.63, 3.8) is 0 Å². The smallest absolute Gasteiger partial charge is 0.118 e. The molecule has 0 fully saturated rings. The summed E-state index contributed by atoms with van der Waals surface area (Å²) in [7, 11) is 0. The Balaban J connectivity index is 2.44. The van der Waals surface area contributed by atoms with E-state index in [9.17, 15) is 10.2 Å². The van der Waals surface area contributed by atoms with Crippen LogP contribution < -0.4 is 5.32 Å². The molecule has 0 aliphatic carbocycles. The number of hydrogen-bond acceptors (Lipinski definition) is 3. The highest BCUT2D eigenvalue weighted by atomic mass is 16.3. The van der Waals surface area contributed by atoms with E-state index in [0.29, 0.717) is 11.8 Å². The largest absolute Gasteiger partial charge is 0.508 e. The van der Waals surface area contributed by atoms with Crippen molar-refractivity contribution >= 4 is 0 Å². The van der Waals surface area contributed by atoms with Crippen molar-refractivity contribution in [2.45, 2.75) is 52.7 Å². The first-order chi connectivity index (χ1) is 8.80. The molecule has 1 rings (SSSR count). The van der Waals surface area contributed by atoms with Gasteiger partial charge in [0.1, 0.15) is 5.75 Å². The topological polar surface area (TPSA) is 52.5 Å². The summed E-state index contributed by atoms with van der Waals surface area (Å²) in [6.07, 6.45) is 1.31. The van der Waals surface area contributed by atoms with E-state index in [1.807, 2.05) is 25.1 Å². The molecule has 0 aliphatic heterocycles. The molecule has 2 unspecified atom stereocenters. The van der Waals surface area contributed by atoms with Gasteiger partial charge in [-0.3, -0.25) is 0 Å². The number of aliphatic hydroxyl groups excluding tert-OH is 1. The fraction of sp³-hybridized carbons (Fsp3) is 0.625. The van der Waals surface area contributed by atoms with Gasteiger partial charge in [-0.25, -0.2) is 0 Å². The molecule has 3 heteroatoms. The summed E-state index contributed by atoms with van der Waals surface area (Å²) in [6, 6.07) is 7.75. The van der Waals surface area contributed by atoms with Crippen LogP contribution in [-0.2, 0) is 6.42 Å². The zero-order chi connectivity index (χ0) is 14.5. The Labute approximate surface area is 116 Å². The second-order valence-electron chi connectivity index (χ2n) is 6.33. The Morgan fingerprint density at radius 3 is 2.42 bits per heavy atom. The first kappa shape index (κ1) is 16.0. The van der Waals surface area contributed by atoms with Crippen molar-refractivity contribution in [2.24, 2.45) is 5.41 Å². The van der Waals surface area contributed by atoms with Crippen LogP contribution in [0.5, 0.6) is 5.75 Å². The summed E-state index contributed by atoms with van der Waals surface area (Å²) in [4.78, 5) is 0. The van der Waals surface area contributed by atoms with Crippen LogP contribution in [0.3, 0.4) is 0 Å². The SMILES string of the molecule is CC(O)CC(C)(C)CNC(C)Cc1ccccc1O. The van der Waals surface area contributed by atoms with E-state index in [4.69, 9.17) is 0 Å². The van der Waals surface area contributed by atoms with E-state index < -0.39 is 0 Å². The summed E-state index contributed by atoms with van der Waals surface area (Å²) in [6.45, 7) is 9.10. The third kappa shape index (κ3) is 6.08. The number of rotatable bonds is 7. The highest BCUT2D eigenvalue weighted by Gasteiger charge is 2.21. The molecule has 3 nitrogen and oxygen atoms in total. The van der Waals surface area contributed by atoms with Crippen LogP contribution in [0.25, 0.3) is 0 Å². The maximum atomic E-state index is 9.75. The van der Waals surface area contributed by atoms with E-state index in [0.717, 1.165) is 24.9 Å². The minimum absolute atomic E-state index is 0.0706. The van der Waals surface area contributed by atoms with Gasteiger partial charge in [-0.2, -0.15) is 0 Å². The fourth-order valence-electron chi connectivity index (χ4n) is 2.41. The van der Waals surface area contributed by atoms with Gasteiger partial charge in [0.05, 0.1) is 6.10 Å². The summed E-state index contributed by atoms with van der Waals surface area (Å²) in [5.41, 5.74) is 1.04. The van der Waals surface area contributed by atoms with Crippen molar-refractivity contribution in [3.8, 4) is 5.75 Å². The van der Waals surface area contributed by atoms with Crippen LogP contribution >= 0.6 is 0 Å². The number of phenolic OH excluding ortho intramolecular Hbond substituents is 1. The summed E-state index contributed by atoms with van der Waals surface area (Å²) >= 11 is 0. The molecule has 0 heterocycles. The Morgan fingerprint density at radius 2 is 1.84 bits per heavy atom. The second-order valence-corrected chi connectivity index (χ2v) is 6.33. The number of hydrogen-bond donors (Lipinski definition) is 3. The average Bonchev–Trinajstić information content (AvgIpc) is 2.28. The van der Waals surface area contributed by atoms with Gasteiger partial charge >= 0.3 is 0 Å². The number of phenols is 1. The number of benzene rings is 1. The number of aliphatic hydroxyl groups is 1. The molecular weight excluding hydrogens is 238 g/mol. The fourth-order valence-corrected chi connectivity index (χ4v) is 2.41. The molecule has 19 heavy (non-hydrogen) atoms. The Bertz CT molecular complexity index is 388. The highest BCUT2D eigenvalue weighted by Crippen LogP contribution is 2.22. The number of nitrogens with one attached hydrogen (secondary N) is 1. The molecule has 0 radical (unpaired) electrons. The third-order valence-corrected chi connectivity index (χ3v) is 3.29. The lowest BCUT2D eigenvalue weighted by molar-refractivity contribution is 0.126. The molecule has 0 amide bonds. The van der Waals surface area contributed by atoms with Gasteiger partial charge in [-0.15, -0.1) is 0 Å². The van der Waals surface area contributed by atoms with Crippen molar-refractivity contribution in [1.82, 2.24) is 5.32 Å². The molecule has 2 atom stereocenters. The Morgan fingerprint density at radius 1 is 1.21 bits per heavy atom. The van der Waals surface area contributed by atoms with Crippen LogP contribution in [0, 0.1) is 5.41 Å². The molecule has 3 N–H and O–H groups in total. The lowest BCUT2D eigenvalue weighted by Crippen LogP contribution is -2.37. The molecule has 1 aromatic carbocycles. The van der Waals surface area contributed by atoms with Gasteiger partial charge in [0, 0.05) is 12.6 Å². The molecule has 0 aromatic heterocycles. The van der Waals surface area contributed by atoms with E-state index in [1.54, 1.807) is 6.07 Å². The summed E-state index contributed by atoms with van der Waals surface area (Å²) in [5.74, 6) is 0.361. The van der Waals surface area contributed by atoms with E-state index >= 15 is 0 Å². The van der Waals surface area contributed by atoms with Crippen molar-refractivity contribution < 1.29 is 10.2 Å². The molecule has 0 saturated heterocycles. The third-order valence-electron chi connectivity index (χ3n) is 3.29. The molecular formula is C16H27NO2. The predicted octanol–water partition coefficient (Wildman–Crippen LogP) is 2.71. The maximum Gasteiger partial charge on any atom is 0.118 e. The monoisotopic (exact) mass is 265 g/mol. The zero-order valence-electron chi connectivity index (χ0n) is 12.5. The standard InChI is InChI=1S/C16H27NO2/c1-12(9-14-7-5-6-8-15(14)19)17-11-16(3,4)10-13(2)18/h5-8,12-13,17-19H,9-11H2,1-4H3. The highest BCUT2D eigenvalue weighted by molar-refractivity contribution is 5.32. The Kier molecular flexibility index (Phi) is 5.83. The molecule has 0 saturated carbocycles. The lowest BCUT2D eigenvalue weighted by atomic mass is 9.86. The van der Waals surface area contributed by atoms with Gasteiger partial charge in [0.2, 0.25) is 0 Å². The number of para-hydroxylation sites is 1. The summed E-state index contributed by atoms with van der Waals surface area (Å²) < 4.78 is 0. The van der Waals surface area contributed by atoms with Crippen molar-refractivity contribution in [1.29, 1.82) is 0 Å². The van der Waals surface area contributed by atoms with Crippen molar-refractivity contribution in [3.05, 3.63) is 29.8 Å². The van der Waals surface area contributed by atoms with E-state index in [2.05, 4.69) is 26.1 Å². The van der Waals surface area contributed by atoms with Gasteiger partial charge in [-0.05, 0) is 43.7 Å². The molecule has 1 aromatic rings. The molecule has 0 bridgehead atoms. The number of aromatic hydroxyl groups is 1. The summed E-state index contributed by atoms with van der Waals surface area (Å²) in [5, 5.41) is 22.7. The second kappa shape index (κ2) is 6.92. The molecule has 0 spiro atoms. The van der Waals surface area contributed by atoms with Crippen LogP contribution in [-0.4, -0.2) is 28.9 Å². The van der Waals surface area contributed by atoms with E-state index in [1.165, 1.54) is 0 Å².